The molecule has 4 nitrogen and oxygen atoms in total. The second kappa shape index (κ2) is 5.66. The molecule has 0 radical (unpaired) electrons. The first-order valence-corrected chi connectivity index (χ1v) is 5.94. The van der Waals surface area contributed by atoms with Crippen LogP contribution >= 0.6 is 11.6 Å². The summed E-state index contributed by atoms with van der Waals surface area (Å²) in [4.78, 5) is 0. The zero-order valence-electron chi connectivity index (χ0n) is 9.89. The summed E-state index contributed by atoms with van der Waals surface area (Å²) in [7, 11) is 0. The third-order valence-corrected chi connectivity index (χ3v) is 2.85. The third-order valence-electron chi connectivity index (χ3n) is 2.56. The number of aliphatic hydroxyl groups is 2. The molecule has 0 amide bonds. The molecule has 0 aromatic carbocycles. The van der Waals surface area contributed by atoms with Crippen LogP contribution in [0.4, 0.5) is 0 Å². The molecule has 92 valence electrons. The van der Waals surface area contributed by atoms with E-state index >= 15 is 0 Å². The van der Waals surface area contributed by atoms with Gasteiger partial charge in [-0.25, -0.2) is 0 Å². The molecular formula is C11H19ClN2O2. The summed E-state index contributed by atoms with van der Waals surface area (Å²) in [5.74, 6) is -0.0314. The lowest BCUT2D eigenvalue weighted by atomic mass is 9.99. The van der Waals surface area contributed by atoms with Crippen LogP contribution in [0.1, 0.15) is 39.0 Å². The Hall–Kier alpha value is -0.580. The van der Waals surface area contributed by atoms with Crippen molar-refractivity contribution in [1.82, 2.24) is 9.78 Å². The van der Waals surface area contributed by atoms with Gasteiger partial charge in [0.25, 0.3) is 0 Å². The average Bonchev–Trinajstić information content (AvgIpc) is 2.58. The fourth-order valence-electron chi connectivity index (χ4n) is 1.58. The number of rotatable bonds is 5. The molecule has 1 aromatic heterocycles. The van der Waals surface area contributed by atoms with Crippen molar-refractivity contribution in [3.63, 3.8) is 0 Å². The van der Waals surface area contributed by atoms with E-state index in [9.17, 15) is 10.2 Å². The van der Waals surface area contributed by atoms with Crippen LogP contribution in [0.5, 0.6) is 0 Å². The Balaban J connectivity index is 2.96. The molecule has 0 bridgehead atoms. The summed E-state index contributed by atoms with van der Waals surface area (Å²) >= 11 is 5.97. The Morgan fingerprint density at radius 1 is 1.44 bits per heavy atom. The van der Waals surface area contributed by atoms with Gasteiger partial charge in [0.15, 0.2) is 0 Å². The molecule has 2 N–H and O–H groups in total. The molecule has 1 heterocycles. The van der Waals surface area contributed by atoms with Crippen LogP contribution in [0.2, 0.25) is 5.02 Å². The van der Waals surface area contributed by atoms with Crippen molar-refractivity contribution in [2.45, 2.75) is 45.9 Å². The van der Waals surface area contributed by atoms with Crippen molar-refractivity contribution >= 4 is 11.6 Å². The minimum atomic E-state index is -0.985. The predicted octanol–water partition coefficient (Wildman–Crippen LogP) is 2.00. The standard InChI is InChI=1S/C11H19ClN2O2/c1-4-5-14-9(8(12)6-13-14)11(16)10(15)7(2)3/h6-7,10-11,15-16H,4-5H2,1-3H3. The van der Waals surface area contributed by atoms with Gasteiger partial charge in [0.1, 0.15) is 6.10 Å². The highest BCUT2D eigenvalue weighted by molar-refractivity contribution is 6.31. The first-order chi connectivity index (χ1) is 7.49. The number of aromatic nitrogens is 2. The van der Waals surface area contributed by atoms with E-state index in [1.165, 1.54) is 6.20 Å². The Morgan fingerprint density at radius 3 is 2.56 bits per heavy atom. The Bertz CT molecular complexity index is 339. The lowest BCUT2D eigenvalue weighted by Crippen LogP contribution is -2.26. The Labute approximate surface area is 101 Å². The fourth-order valence-corrected chi connectivity index (χ4v) is 1.84. The van der Waals surface area contributed by atoms with Gasteiger partial charge in [0.05, 0.1) is 23.0 Å². The number of nitrogens with zero attached hydrogens (tertiary/aromatic N) is 2. The molecular weight excluding hydrogens is 228 g/mol. The van der Waals surface area contributed by atoms with Gasteiger partial charge in [-0.2, -0.15) is 5.10 Å². The Kier molecular flexibility index (Phi) is 4.77. The molecule has 2 atom stereocenters. The van der Waals surface area contributed by atoms with Gasteiger partial charge in [0, 0.05) is 6.54 Å². The van der Waals surface area contributed by atoms with Gasteiger partial charge in [-0.05, 0) is 12.3 Å². The van der Waals surface area contributed by atoms with Crippen LogP contribution < -0.4 is 0 Å². The van der Waals surface area contributed by atoms with Gasteiger partial charge in [-0.15, -0.1) is 0 Å². The summed E-state index contributed by atoms with van der Waals surface area (Å²) in [6.45, 7) is 6.40. The number of aliphatic hydroxyl groups excluding tert-OH is 2. The van der Waals surface area contributed by atoms with E-state index in [1.54, 1.807) is 4.68 Å². The normalized spacial score (nSPS) is 15.4. The highest BCUT2D eigenvalue weighted by atomic mass is 35.5. The molecule has 0 fully saturated rings. The molecule has 1 rings (SSSR count). The highest BCUT2D eigenvalue weighted by Crippen LogP contribution is 2.28. The van der Waals surface area contributed by atoms with Crippen LogP contribution in [0.15, 0.2) is 6.20 Å². The first kappa shape index (κ1) is 13.5. The SMILES string of the molecule is CCCn1ncc(Cl)c1C(O)C(O)C(C)C. The largest absolute Gasteiger partial charge is 0.390 e. The summed E-state index contributed by atoms with van der Waals surface area (Å²) in [5.41, 5.74) is 0.504. The zero-order chi connectivity index (χ0) is 12.3. The summed E-state index contributed by atoms with van der Waals surface area (Å²) in [5, 5.41) is 24.4. The summed E-state index contributed by atoms with van der Waals surface area (Å²) in [6.07, 6.45) is 0.588. The highest BCUT2D eigenvalue weighted by Gasteiger charge is 2.26. The average molecular weight is 247 g/mol. The monoisotopic (exact) mass is 246 g/mol. The molecule has 0 aliphatic rings. The quantitative estimate of drug-likeness (QED) is 0.836. The maximum absolute atomic E-state index is 10.0. The van der Waals surface area contributed by atoms with E-state index in [0.29, 0.717) is 17.3 Å². The number of halogens is 1. The van der Waals surface area contributed by atoms with Crippen LogP contribution in [0.25, 0.3) is 0 Å². The zero-order valence-corrected chi connectivity index (χ0v) is 10.6. The van der Waals surface area contributed by atoms with Crippen molar-refractivity contribution in [1.29, 1.82) is 0 Å². The lowest BCUT2D eigenvalue weighted by Gasteiger charge is -2.22. The molecule has 16 heavy (non-hydrogen) atoms. The molecule has 5 heteroatoms. The van der Waals surface area contributed by atoms with Crippen molar-refractivity contribution in [2.24, 2.45) is 5.92 Å². The fraction of sp³-hybridized carbons (Fsp3) is 0.727. The summed E-state index contributed by atoms with van der Waals surface area (Å²) in [6, 6.07) is 0. The molecule has 0 aliphatic carbocycles. The van der Waals surface area contributed by atoms with Gasteiger partial charge < -0.3 is 10.2 Å². The smallest absolute Gasteiger partial charge is 0.123 e. The molecule has 2 unspecified atom stereocenters. The van der Waals surface area contributed by atoms with Crippen LogP contribution in [-0.4, -0.2) is 26.1 Å². The van der Waals surface area contributed by atoms with E-state index < -0.39 is 12.2 Å². The maximum Gasteiger partial charge on any atom is 0.123 e. The van der Waals surface area contributed by atoms with Gasteiger partial charge >= 0.3 is 0 Å². The van der Waals surface area contributed by atoms with E-state index in [-0.39, 0.29) is 5.92 Å². The molecule has 1 aromatic rings. The van der Waals surface area contributed by atoms with Crippen molar-refractivity contribution in [2.75, 3.05) is 0 Å². The molecule has 0 saturated heterocycles. The van der Waals surface area contributed by atoms with E-state index in [4.69, 9.17) is 11.6 Å². The predicted molar refractivity (Wildman–Crippen MR) is 63.3 cm³/mol. The minimum Gasteiger partial charge on any atom is -0.390 e. The van der Waals surface area contributed by atoms with Gasteiger partial charge in [0.2, 0.25) is 0 Å². The van der Waals surface area contributed by atoms with Crippen molar-refractivity contribution in [3.8, 4) is 0 Å². The van der Waals surface area contributed by atoms with E-state index in [2.05, 4.69) is 5.10 Å². The third kappa shape index (κ3) is 2.75. The van der Waals surface area contributed by atoms with Gasteiger partial charge in [-0.3, -0.25) is 4.68 Å². The number of aryl methyl sites for hydroxylation is 1. The van der Waals surface area contributed by atoms with Crippen LogP contribution in [0, 0.1) is 5.92 Å². The van der Waals surface area contributed by atoms with Crippen molar-refractivity contribution in [3.05, 3.63) is 16.9 Å². The maximum atomic E-state index is 10.0. The second-order valence-corrected chi connectivity index (χ2v) is 4.69. The molecule has 0 aliphatic heterocycles. The van der Waals surface area contributed by atoms with E-state index in [0.717, 1.165) is 6.42 Å². The second-order valence-electron chi connectivity index (χ2n) is 4.28. The van der Waals surface area contributed by atoms with Gasteiger partial charge in [-0.1, -0.05) is 32.4 Å². The Morgan fingerprint density at radius 2 is 2.06 bits per heavy atom. The minimum absolute atomic E-state index is 0.0314. The van der Waals surface area contributed by atoms with Crippen molar-refractivity contribution < 1.29 is 10.2 Å². The number of hydrogen-bond acceptors (Lipinski definition) is 3. The molecule has 0 spiro atoms. The van der Waals surface area contributed by atoms with Crippen LogP contribution in [-0.2, 0) is 6.54 Å². The summed E-state index contributed by atoms with van der Waals surface area (Å²) < 4.78 is 1.65. The lowest BCUT2D eigenvalue weighted by molar-refractivity contribution is -0.0140. The van der Waals surface area contributed by atoms with Crippen LogP contribution in [0.3, 0.4) is 0 Å². The first-order valence-electron chi connectivity index (χ1n) is 5.56. The van der Waals surface area contributed by atoms with E-state index in [1.807, 2.05) is 20.8 Å². The number of hydrogen-bond donors (Lipinski definition) is 2. The topological polar surface area (TPSA) is 58.3 Å². The molecule has 0 saturated carbocycles.